The van der Waals surface area contributed by atoms with E-state index in [1.807, 2.05) is 19.1 Å². The fourth-order valence-corrected chi connectivity index (χ4v) is 3.03. The van der Waals surface area contributed by atoms with Crippen LogP contribution in [0.1, 0.15) is 25.5 Å². The molecule has 21 heavy (non-hydrogen) atoms. The van der Waals surface area contributed by atoms with Crippen LogP contribution in [-0.4, -0.2) is 9.55 Å². The van der Waals surface area contributed by atoms with Crippen molar-refractivity contribution in [3.05, 3.63) is 46.4 Å². The number of hydrogen-bond acceptors (Lipinski definition) is 2. The number of benzene rings is 2. The maximum absolute atomic E-state index is 6.06. The Balaban J connectivity index is 2.36. The summed E-state index contributed by atoms with van der Waals surface area (Å²) in [4.78, 5) is 4.84. The summed E-state index contributed by atoms with van der Waals surface area (Å²) in [6.07, 6.45) is 0. The quantitative estimate of drug-likeness (QED) is 0.670. The molecule has 0 saturated carbocycles. The average molecular weight is 344 g/mol. The molecule has 0 fully saturated rings. The maximum Gasteiger partial charge on any atom is 0.141 e. The lowest BCUT2D eigenvalue weighted by molar-refractivity contribution is 0.624. The van der Waals surface area contributed by atoms with E-state index in [9.17, 15) is 0 Å². The van der Waals surface area contributed by atoms with Crippen molar-refractivity contribution in [2.45, 2.75) is 26.8 Å². The highest BCUT2D eigenvalue weighted by Gasteiger charge is 2.17. The van der Waals surface area contributed by atoms with Crippen LogP contribution in [0.4, 0.5) is 5.69 Å². The zero-order valence-electron chi connectivity index (χ0n) is 12.4. The predicted octanol–water partition coefficient (Wildman–Crippen LogP) is 4.94. The van der Waals surface area contributed by atoms with Crippen LogP contribution in [0.2, 0.25) is 0 Å². The number of nitrogens with two attached hydrogens (primary N) is 1. The zero-order valence-corrected chi connectivity index (χ0v) is 14.0. The van der Waals surface area contributed by atoms with Crippen LogP contribution in [0.3, 0.4) is 0 Å². The molecule has 0 aliphatic heterocycles. The van der Waals surface area contributed by atoms with Gasteiger partial charge in [0.25, 0.3) is 0 Å². The molecule has 3 aromatic rings. The first-order chi connectivity index (χ1) is 9.99. The Morgan fingerprint density at radius 1 is 1.19 bits per heavy atom. The van der Waals surface area contributed by atoms with Gasteiger partial charge in [-0.15, -0.1) is 0 Å². The zero-order chi connectivity index (χ0) is 15.1. The fraction of sp³-hybridized carbons (Fsp3) is 0.235. The van der Waals surface area contributed by atoms with Gasteiger partial charge in [0.1, 0.15) is 5.82 Å². The van der Waals surface area contributed by atoms with Crippen molar-refractivity contribution in [3.63, 3.8) is 0 Å². The van der Waals surface area contributed by atoms with Gasteiger partial charge < -0.3 is 10.3 Å². The number of anilines is 1. The Labute approximate surface area is 132 Å². The molecule has 2 aromatic carbocycles. The first-order valence-corrected chi connectivity index (χ1v) is 7.81. The SMILES string of the molecule is Cc1c(N)cccc1-c1nc2cc(Br)ccc2n1C(C)C. The van der Waals surface area contributed by atoms with E-state index in [1.165, 1.54) is 0 Å². The number of aromatic nitrogens is 2. The monoisotopic (exact) mass is 343 g/mol. The van der Waals surface area contributed by atoms with Gasteiger partial charge in [0, 0.05) is 21.8 Å². The highest BCUT2D eigenvalue weighted by Crippen LogP contribution is 2.32. The number of rotatable bonds is 2. The van der Waals surface area contributed by atoms with E-state index < -0.39 is 0 Å². The number of halogens is 1. The lowest BCUT2D eigenvalue weighted by Gasteiger charge is -2.15. The molecule has 0 amide bonds. The molecule has 3 rings (SSSR count). The molecule has 0 bridgehead atoms. The van der Waals surface area contributed by atoms with Crippen molar-refractivity contribution in [1.82, 2.24) is 9.55 Å². The molecule has 1 heterocycles. The molecule has 4 heteroatoms. The van der Waals surface area contributed by atoms with Crippen LogP contribution in [0.15, 0.2) is 40.9 Å². The van der Waals surface area contributed by atoms with Gasteiger partial charge in [-0.2, -0.15) is 0 Å². The number of hydrogen-bond donors (Lipinski definition) is 1. The van der Waals surface area contributed by atoms with Gasteiger partial charge in [0.2, 0.25) is 0 Å². The van der Waals surface area contributed by atoms with Gasteiger partial charge in [0.15, 0.2) is 0 Å². The lowest BCUT2D eigenvalue weighted by atomic mass is 10.1. The van der Waals surface area contributed by atoms with Gasteiger partial charge in [-0.05, 0) is 50.6 Å². The van der Waals surface area contributed by atoms with Crippen LogP contribution in [0, 0.1) is 6.92 Å². The smallest absolute Gasteiger partial charge is 0.141 e. The molecule has 0 aliphatic carbocycles. The van der Waals surface area contributed by atoms with Gasteiger partial charge in [-0.3, -0.25) is 0 Å². The molecular formula is C17H18BrN3. The molecule has 0 spiro atoms. The van der Waals surface area contributed by atoms with Crippen molar-refractivity contribution in [2.24, 2.45) is 0 Å². The second-order valence-electron chi connectivity index (χ2n) is 5.55. The first-order valence-electron chi connectivity index (χ1n) is 7.02. The van der Waals surface area contributed by atoms with Crippen LogP contribution in [0.25, 0.3) is 22.4 Å². The topological polar surface area (TPSA) is 43.8 Å². The second kappa shape index (κ2) is 5.19. The minimum atomic E-state index is 0.326. The van der Waals surface area contributed by atoms with Crippen molar-refractivity contribution in [2.75, 3.05) is 5.73 Å². The first kappa shape index (κ1) is 14.1. The molecule has 1 aromatic heterocycles. The Morgan fingerprint density at radius 3 is 2.67 bits per heavy atom. The Hall–Kier alpha value is -1.81. The molecule has 0 unspecified atom stereocenters. The Morgan fingerprint density at radius 2 is 1.95 bits per heavy atom. The summed E-state index contributed by atoms with van der Waals surface area (Å²) in [5.74, 6) is 0.975. The third kappa shape index (κ3) is 2.33. The largest absolute Gasteiger partial charge is 0.398 e. The number of nitrogen functional groups attached to an aromatic ring is 1. The van der Waals surface area contributed by atoms with Crippen LogP contribution < -0.4 is 5.73 Å². The van der Waals surface area contributed by atoms with E-state index in [4.69, 9.17) is 10.7 Å². The van der Waals surface area contributed by atoms with Crippen molar-refractivity contribution >= 4 is 32.7 Å². The van der Waals surface area contributed by atoms with Gasteiger partial charge in [0.05, 0.1) is 11.0 Å². The Bertz CT molecular complexity index is 818. The van der Waals surface area contributed by atoms with E-state index in [0.29, 0.717) is 6.04 Å². The summed E-state index contributed by atoms with van der Waals surface area (Å²) in [5.41, 5.74) is 11.2. The highest BCUT2D eigenvalue weighted by molar-refractivity contribution is 9.10. The number of fused-ring (bicyclic) bond motifs is 1. The normalized spacial score (nSPS) is 11.5. The molecule has 0 aliphatic rings. The van der Waals surface area contributed by atoms with E-state index in [1.54, 1.807) is 0 Å². The van der Waals surface area contributed by atoms with E-state index in [2.05, 4.69) is 58.6 Å². The Kier molecular flexibility index (Phi) is 3.49. The molecule has 0 atom stereocenters. The van der Waals surface area contributed by atoms with Crippen LogP contribution in [0.5, 0.6) is 0 Å². The third-order valence-corrected chi connectivity index (χ3v) is 4.28. The van der Waals surface area contributed by atoms with E-state index in [0.717, 1.165) is 38.1 Å². The lowest BCUT2D eigenvalue weighted by Crippen LogP contribution is -2.04. The molecule has 0 saturated heterocycles. The molecular weight excluding hydrogens is 326 g/mol. The van der Waals surface area contributed by atoms with E-state index >= 15 is 0 Å². The molecule has 0 radical (unpaired) electrons. The number of imidazole rings is 1. The standard InChI is InChI=1S/C17H18BrN3/c1-10(2)21-16-8-7-12(18)9-15(16)20-17(21)13-5-4-6-14(19)11(13)3/h4-10H,19H2,1-3H3. The van der Waals surface area contributed by atoms with E-state index in [-0.39, 0.29) is 0 Å². The summed E-state index contributed by atoms with van der Waals surface area (Å²) in [5, 5.41) is 0. The van der Waals surface area contributed by atoms with Gasteiger partial charge in [-0.25, -0.2) is 4.98 Å². The third-order valence-electron chi connectivity index (χ3n) is 3.78. The van der Waals surface area contributed by atoms with Gasteiger partial charge >= 0.3 is 0 Å². The average Bonchev–Trinajstić information content (AvgIpc) is 2.80. The summed E-state index contributed by atoms with van der Waals surface area (Å²) >= 11 is 3.52. The molecule has 108 valence electrons. The fourth-order valence-electron chi connectivity index (χ4n) is 2.68. The van der Waals surface area contributed by atoms with Gasteiger partial charge in [-0.1, -0.05) is 28.1 Å². The highest BCUT2D eigenvalue weighted by atomic mass is 79.9. The van der Waals surface area contributed by atoms with Crippen LogP contribution >= 0.6 is 15.9 Å². The van der Waals surface area contributed by atoms with Crippen molar-refractivity contribution in [3.8, 4) is 11.4 Å². The minimum absolute atomic E-state index is 0.326. The second-order valence-corrected chi connectivity index (χ2v) is 6.47. The van der Waals surface area contributed by atoms with Crippen molar-refractivity contribution in [1.29, 1.82) is 0 Å². The number of nitrogens with zero attached hydrogens (tertiary/aromatic N) is 2. The van der Waals surface area contributed by atoms with Crippen LogP contribution in [-0.2, 0) is 0 Å². The van der Waals surface area contributed by atoms with Crippen molar-refractivity contribution < 1.29 is 0 Å². The maximum atomic E-state index is 6.06. The summed E-state index contributed by atoms with van der Waals surface area (Å²) in [6, 6.07) is 12.5. The molecule has 3 nitrogen and oxygen atoms in total. The summed E-state index contributed by atoms with van der Waals surface area (Å²) in [7, 11) is 0. The minimum Gasteiger partial charge on any atom is -0.398 e. The summed E-state index contributed by atoms with van der Waals surface area (Å²) in [6.45, 7) is 6.40. The summed E-state index contributed by atoms with van der Waals surface area (Å²) < 4.78 is 3.31. The predicted molar refractivity (Wildman–Crippen MR) is 92.4 cm³/mol. The molecule has 2 N–H and O–H groups in total.